The number of hydrogen-bond donors (Lipinski definition) is 1. The minimum absolute atomic E-state index is 0.155. The molecule has 0 unspecified atom stereocenters. The van der Waals surface area contributed by atoms with E-state index in [1.54, 1.807) is 12.1 Å². The molecule has 1 amide bonds. The van der Waals surface area contributed by atoms with Crippen molar-refractivity contribution in [1.29, 1.82) is 0 Å². The molecule has 3 nitrogen and oxygen atoms in total. The highest BCUT2D eigenvalue weighted by atomic mass is 79.9. The molecule has 0 bridgehead atoms. The van der Waals surface area contributed by atoms with Crippen molar-refractivity contribution in [2.45, 2.75) is 6.42 Å². The molecule has 5 heteroatoms. The molecule has 136 valence electrons. The number of halogens is 1. The molecule has 0 aliphatic heterocycles. The third kappa shape index (κ3) is 3.17. The number of nitrogens with one attached hydrogen (secondary N) is 1. The highest BCUT2D eigenvalue weighted by Gasteiger charge is 2.19. The van der Waals surface area contributed by atoms with Crippen LogP contribution in [0.4, 0.5) is 5.13 Å². The average Bonchev–Trinajstić information content (AvgIpc) is 3.32. The summed E-state index contributed by atoms with van der Waals surface area (Å²) in [6.07, 6.45) is 0.955. The quantitative estimate of drug-likeness (QED) is 0.348. The largest absolute Gasteiger partial charge is 0.298 e. The van der Waals surface area contributed by atoms with Crippen LogP contribution in [0.15, 0.2) is 76.6 Å². The molecule has 3 aromatic carbocycles. The fourth-order valence-corrected chi connectivity index (χ4v) is 4.52. The van der Waals surface area contributed by atoms with Crippen molar-refractivity contribution < 1.29 is 4.79 Å². The van der Waals surface area contributed by atoms with Gasteiger partial charge in [0.2, 0.25) is 0 Å². The second-order valence-corrected chi connectivity index (χ2v) is 8.48. The lowest BCUT2D eigenvalue weighted by Gasteiger charge is -2.04. The van der Waals surface area contributed by atoms with Gasteiger partial charge in [-0.05, 0) is 59.0 Å². The van der Waals surface area contributed by atoms with Crippen molar-refractivity contribution in [3.05, 3.63) is 93.3 Å². The van der Waals surface area contributed by atoms with Gasteiger partial charge in [0.1, 0.15) is 0 Å². The number of thiazole rings is 1. The minimum Gasteiger partial charge on any atom is -0.298 e. The van der Waals surface area contributed by atoms with Crippen molar-refractivity contribution in [2.75, 3.05) is 5.32 Å². The first kappa shape index (κ1) is 17.3. The van der Waals surface area contributed by atoms with Crippen molar-refractivity contribution in [3.8, 4) is 22.4 Å². The summed E-state index contributed by atoms with van der Waals surface area (Å²) >= 11 is 4.82. The first-order valence-electron chi connectivity index (χ1n) is 8.91. The van der Waals surface area contributed by atoms with Crippen molar-refractivity contribution in [2.24, 2.45) is 0 Å². The minimum atomic E-state index is -0.155. The zero-order valence-corrected chi connectivity index (χ0v) is 17.2. The zero-order valence-electron chi connectivity index (χ0n) is 14.8. The SMILES string of the molecule is O=C(Nc1nc(-c2ccc3c(c2)Cc2ccccc2-3)cs1)c1ccc(Br)cc1. The Bertz CT molecular complexity index is 1200. The Morgan fingerprint density at radius 2 is 1.75 bits per heavy atom. The van der Waals surface area contributed by atoms with Gasteiger partial charge >= 0.3 is 0 Å². The summed E-state index contributed by atoms with van der Waals surface area (Å²) in [6, 6.07) is 22.3. The Labute approximate surface area is 175 Å². The smallest absolute Gasteiger partial charge is 0.257 e. The van der Waals surface area contributed by atoms with Crippen molar-refractivity contribution in [1.82, 2.24) is 4.98 Å². The van der Waals surface area contributed by atoms with Crippen LogP contribution in [0.25, 0.3) is 22.4 Å². The maximum Gasteiger partial charge on any atom is 0.257 e. The number of aromatic nitrogens is 1. The van der Waals surface area contributed by atoms with Gasteiger partial charge in [-0.3, -0.25) is 10.1 Å². The van der Waals surface area contributed by atoms with Gasteiger partial charge in [0.25, 0.3) is 5.91 Å². The molecule has 4 aromatic rings. The molecule has 0 radical (unpaired) electrons. The van der Waals surface area contributed by atoms with Crippen LogP contribution < -0.4 is 5.32 Å². The number of anilines is 1. The van der Waals surface area contributed by atoms with E-state index in [4.69, 9.17) is 0 Å². The molecule has 1 N–H and O–H groups in total. The van der Waals surface area contributed by atoms with Gasteiger partial charge in [0.05, 0.1) is 5.69 Å². The standard InChI is InChI=1S/C23H15BrN2OS/c24-18-8-5-14(6-9-18)22(27)26-23-25-21(13-28-23)16-7-10-20-17(12-16)11-15-3-1-2-4-19(15)20/h1-10,12-13H,11H2,(H,25,26,27). The second kappa shape index (κ2) is 7.00. The maximum absolute atomic E-state index is 12.4. The van der Waals surface area contributed by atoms with Crippen molar-refractivity contribution >= 4 is 38.3 Å². The Kier molecular flexibility index (Phi) is 4.34. The Morgan fingerprint density at radius 1 is 0.964 bits per heavy atom. The molecule has 0 saturated heterocycles. The highest BCUT2D eigenvalue weighted by molar-refractivity contribution is 9.10. The van der Waals surface area contributed by atoms with Gasteiger partial charge in [-0.1, -0.05) is 52.3 Å². The van der Waals surface area contributed by atoms with Crippen LogP contribution in [0.1, 0.15) is 21.5 Å². The average molecular weight is 447 g/mol. The van der Waals surface area contributed by atoms with Crippen LogP contribution in [0.5, 0.6) is 0 Å². The van der Waals surface area contributed by atoms with E-state index in [9.17, 15) is 4.79 Å². The lowest BCUT2D eigenvalue weighted by atomic mass is 10.0. The summed E-state index contributed by atoms with van der Waals surface area (Å²) in [5.74, 6) is -0.155. The molecule has 1 aromatic heterocycles. The molecular weight excluding hydrogens is 432 g/mol. The molecule has 0 spiro atoms. The van der Waals surface area contributed by atoms with E-state index >= 15 is 0 Å². The van der Waals surface area contributed by atoms with Crippen molar-refractivity contribution in [3.63, 3.8) is 0 Å². The molecule has 1 aliphatic carbocycles. The number of rotatable bonds is 3. The summed E-state index contributed by atoms with van der Waals surface area (Å²) in [7, 11) is 0. The summed E-state index contributed by atoms with van der Waals surface area (Å²) < 4.78 is 0.944. The zero-order chi connectivity index (χ0) is 19.1. The number of carbonyl (C=O) groups is 1. The Balaban J connectivity index is 1.37. The van der Waals surface area contributed by atoms with Crippen LogP contribution in [0, 0.1) is 0 Å². The summed E-state index contributed by atoms with van der Waals surface area (Å²) in [5.41, 5.74) is 7.89. The van der Waals surface area contributed by atoms with Gasteiger partial charge in [0, 0.05) is 21.0 Å². The van der Waals surface area contributed by atoms with Gasteiger partial charge < -0.3 is 0 Å². The van der Waals surface area contributed by atoms with E-state index in [0.29, 0.717) is 10.7 Å². The molecule has 1 aliphatic rings. The van der Waals surface area contributed by atoms with E-state index < -0.39 is 0 Å². The molecule has 1 heterocycles. The monoisotopic (exact) mass is 446 g/mol. The lowest BCUT2D eigenvalue weighted by molar-refractivity contribution is 0.102. The first-order valence-corrected chi connectivity index (χ1v) is 10.6. The molecule has 0 saturated carbocycles. The third-order valence-corrected chi connectivity index (χ3v) is 6.21. The highest BCUT2D eigenvalue weighted by Crippen LogP contribution is 2.38. The number of fused-ring (bicyclic) bond motifs is 3. The number of carbonyl (C=O) groups excluding carboxylic acids is 1. The van der Waals surface area contributed by atoms with Crippen LogP contribution in [0.3, 0.4) is 0 Å². The maximum atomic E-state index is 12.4. The van der Waals surface area contributed by atoms with Crippen LogP contribution in [-0.2, 0) is 6.42 Å². The number of amides is 1. The van der Waals surface area contributed by atoms with Gasteiger partial charge in [-0.25, -0.2) is 4.98 Å². The van der Waals surface area contributed by atoms with Crippen LogP contribution >= 0.6 is 27.3 Å². The van der Waals surface area contributed by atoms with Crippen LogP contribution in [0.2, 0.25) is 0 Å². The predicted molar refractivity (Wildman–Crippen MR) is 118 cm³/mol. The van der Waals surface area contributed by atoms with Gasteiger partial charge in [-0.15, -0.1) is 11.3 Å². The fraction of sp³-hybridized carbons (Fsp3) is 0.0435. The molecule has 0 atom stereocenters. The third-order valence-electron chi connectivity index (χ3n) is 4.92. The topological polar surface area (TPSA) is 42.0 Å². The second-order valence-electron chi connectivity index (χ2n) is 6.70. The Morgan fingerprint density at radius 3 is 2.61 bits per heavy atom. The Hall–Kier alpha value is -2.76. The lowest BCUT2D eigenvalue weighted by Crippen LogP contribution is -2.11. The summed E-state index contributed by atoms with van der Waals surface area (Å²) in [6.45, 7) is 0. The van der Waals surface area contributed by atoms with Gasteiger partial charge in [0.15, 0.2) is 5.13 Å². The molecule has 0 fully saturated rings. The molecule has 28 heavy (non-hydrogen) atoms. The normalized spacial score (nSPS) is 11.8. The fourth-order valence-electron chi connectivity index (χ4n) is 3.54. The number of benzene rings is 3. The van der Waals surface area contributed by atoms with E-state index in [-0.39, 0.29) is 5.91 Å². The van der Waals surface area contributed by atoms with E-state index in [0.717, 1.165) is 22.2 Å². The summed E-state index contributed by atoms with van der Waals surface area (Å²) in [4.78, 5) is 17.0. The number of hydrogen-bond acceptors (Lipinski definition) is 3. The summed E-state index contributed by atoms with van der Waals surface area (Å²) in [5, 5.41) is 5.48. The van der Waals surface area contributed by atoms with Crippen LogP contribution in [-0.4, -0.2) is 10.9 Å². The molecular formula is C23H15BrN2OS. The van der Waals surface area contributed by atoms with E-state index in [2.05, 4.69) is 68.7 Å². The predicted octanol–water partition coefficient (Wildman–Crippen LogP) is 6.40. The number of nitrogens with zero attached hydrogens (tertiary/aromatic N) is 1. The molecule has 5 rings (SSSR count). The first-order chi connectivity index (χ1) is 13.7. The van der Waals surface area contributed by atoms with E-state index in [1.165, 1.54) is 33.6 Å². The van der Waals surface area contributed by atoms with Gasteiger partial charge in [-0.2, -0.15) is 0 Å². The van der Waals surface area contributed by atoms with E-state index in [1.807, 2.05) is 17.5 Å².